The second kappa shape index (κ2) is 7.16. The van der Waals surface area contributed by atoms with Crippen molar-refractivity contribution in [1.29, 1.82) is 5.26 Å². The maximum Gasteiger partial charge on any atom is 0.245 e. The second-order valence-electron chi connectivity index (χ2n) is 6.96. The first-order chi connectivity index (χ1) is 13.5. The van der Waals surface area contributed by atoms with Gasteiger partial charge < -0.3 is 15.0 Å². The van der Waals surface area contributed by atoms with E-state index < -0.39 is 0 Å². The van der Waals surface area contributed by atoms with Crippen LogP contribution in [-0.4, -0.2) is 26.0 Å². The van der Waals surface area contributed by atoms with E-state index in [1.54, 1.807) is 30.6 Å². The fraction of sp³-hybridized carbons (Fsp3) is 0.238. The fourth-order valence-electron chi connectivity index (χ4n) is 3.43. The molecule has 0 saturated carbocycles. The topological polar surface area (TPSA) is 99.5 Å². The summed E-state index contributed by atoms with van der Waals surface area (Å²) < 4.78 is 6.30. The molecular weight excluding hydrogens is 352 g/mol. The number of ether oxygens (including phenoxy) is 1. The predicted molar refractivity (Wildman–Crippen MR) is 107 cm³/mol. The fourth-order valence-corrected chi connectivity index (χ4v) is 3.43. The van der Waals surface area contributed by atoms with Gasteiger partial charge in [-0.1, -0.05) is 24.6 Å². The number of nitrogens with zero attached hydrogens (tertiary/aromatic N) is 4. The lowest BCUT2D eigenvalue weighted by molar-refractivity contribution is 0.191. The highest BCUT2D eigenvalue weighted by atomic mass is 16.5. The zero-order valence-electron chi connectivity index (χ0n) is 15.9. The Labute approximate surface area is 162 Å². The van der Waals surface area contributed by atoms with Crippen LogP contribution in [0.3, 0.4) is 0 Å². The van der Waals surface area contributed by atoms with Crippen LogP contribution in [0.2, 0.25) is 0 Å². The van der Waals surface area contributed by atoms with Gasteiger partial charge in [0.2, 0.25) is 11.8 Å². The molecule has 7 heteroatoms. The van der Waals surface area contributed by atoms with Gasteiger partial charge in [0.1, 0.15) is 11.6 Å². The highest BCUT2D eigenvalue weighted by Crippen LogP contribution is 2.30. The van der Waals surface area contributed by atoms with Crippen LogP contribution in [0.1, 0.15) is 26.3 Å². The molecule has 0 saturated heterocycles. The van der Waals surface area contributed by atoms with Gasteiger partial charge in [0.25, 0.3) is 0 Å². The molecule has 2 N–H and O–H groups in total. The lowest BCUT2D eigenvalue weighted by atomic mass is 9.90. The molecule has 2 aromatic heterocycles. The number of nitriles is 1. The first-order valence-electron chi connectivity index (χ1n) is 9.05. The highest BCUT2D eigenvalue weighted by molar-refractivity contribution is 5.77. The first kappa shape index (κ1) is 17.7. The van der Waals surface area contributed by atoms with Crippen LogP contribution in [-0.2, 0) is 0 Å². The molecule has 1 aliphatic rings. The number of aromatic nitrogens is 4. The van der Waals surface area contributed by atoms with Gasteiger partial charge in [-0.05, 0) is 43.7 Å². The Kier molecular flexibility index (Phi) is 4.53. The third-order valence-corrected chi connectivity index (χ3v) is 4.67. The van der Waals surface area contributed by atoms with E-state index in [9.17, 15) is 0 Å². The van der Waals surface area contributed by atoms with E-state index in [1.165, 1.54) is 5.57 Å². The van der Waals surface area contributed by atoms with Crippen LogP contribution >= 0.6 is 0 Å². The van der Waals surface area contributed by atoms with E-state index in [1.807, 2.05) is 0 Å². The Balaban J connectivity index is 1.65. The molecule has 140 valence electrons. The zero-order valence-corrected chi connectivity index (χ0v) is 15.9. The standard InChI is InChI=1S/C21H20N6O/c1-12-8-13(2)18(14(3)9-12)28-20-17-19(24-11-23-17)26-21(27-20)25-16-6-4-15(10-22)5-7-16/h4-9,11,13,18H,1-3H3,(H2,23,24,25,26,27). The summed E-state index contributed by atoms with van der Waals surface area (Å²) in [6, 6.07) is 9.19. The normalized spacial score (nSPS) is 18.9. The summed E-state index contributed by atoms with van der Waals surface area (Å²) in [5.74, 6) is 1.07. The maximum atomic E-state index is 8.93. The van der Waals surface area contributed by atoms with Crippen LogP contribution in [0.4, 0.5) is 11.6 Å². The molecule has 1 aromatic carbocycles. The van der Waals surface area contributed by atoms with Crippen molar-refractivity contribution in [2.24, 2.45) is 5.92 Å². The van der Waals surface area contributed by atoms with Crippen molar-refractivity contribution in [3.63, 3.8) is 0 Å². The number of hydrogen-bond acceptors (Lipinski definition) is 6. The quantitative estimate of drug-likeness (QED) is 0.710. The molecule has 7 nitrogen and oxygen atoms in total. The zero-order chi connectivity index (χ0) is 19.7. The van der Waals surface area contributed by atoms with E-state index in [4.69, 9.17) is 10.00 Å². The third kappa shape index (κ3) is 3.45. The van der Waals surface area contributed by atoms with Crippen molar-refractivity contribution in [3.05, 3.63) is 59.5 Å². The molecule has 1 aliphatic carbocycles. The largest absolute Gasteiger partial charge is 0.468 e. The Bertz CT molecular complexity index is 1120. The summed E-state index contributed by atoms with van der Waals surface area (Å²) in [5, 5.41) is 12.1. The van der Waals surface area contributed by atoms with Gasteiger partial charge in [0.05, 0.1) is 18.0 Å². The Morgan fingerprint density at radius 1 is 1.18 bits per heavy atom. The van der Waals surface area contributed by atoms with E-state index in [0.717, 1.165) is 11.3 Å². The van der Waals surface area contributed by atoms with Crippen LogP contribution in [0.5, 0.6) is 5.88 Å². The number of allylic oxidation sites excluding steroid dienone is 2. The molecule has 3 aromatic rings. The Morgan fingerprint density at radius 2 is 1.96 bits per heavy atom. The monoisotopic (exact) mass is 372 g/mol. The number of fused-ring (bicyclic) bond motifs is 1. The average molecular weight is 372 g/mol. The first-order valence-corrected chi connectivity index (χ1v) is 9.05. The minimum Gasteiger partial charge on any atom is -0.468 e. The van der Waals surface area contributed by atoms with Gasteiger partial charge in [-0.25, -0.2) is 4.98 Å². The van der Waals surface area contributed by atoms with Gasteiger partial charge in [-0.2, -0.15) is 15.2 Å². The molecule has 0 spiro atoms. The van der Waals surface area contributed by atoms with Crippen molar-refractivity contribution < 1.29 is 4.74 Å². The lowest BCUT2D eigenvalue weighted by Gasteiger charge is -2.27. The van der Waals surface area contributed by atoms with Crippen LogP contribution in [0.15, 0.2) is 53.9 Å². The van der Waals surface area contributed by atoms with Crippen LogP contribution in [0.25, 0.3) is 11.2 Å². The van der Waals surface area contributed by atoms with Crippen molar-refractivity contribution in [1.82, 2.24) is 19.9 Å². The SMILES string of the molecule is CC1=CC(C)C(Oc2nc(Nc3ccc(C#N)cc3)nc3nc[nH]c23)C(C)=C1. The number of nitrogens with one attached hydrogen (secondary N) is 2. The predicted octanol–water partition coefficient (Wildman–Crippen LogP) is 4.26. The van der Waals surface area contributed by atoms with Gasteiger partial charge in [-0.15, -0.1) is 0 Å². The Hall–Kier alpha value is -3.66. The number of aromatic amines is 1. The van der Waals surface area contributed by atoms with Crippen molar-refractivity contribution in [2.75, 3.05) is 5.32 Å². The molecule has 0 radical (unpaired) electrons. The molecule has 0 amide bonds. The summed E-state index contributed by atoms with van der Waals surface area (Å²) in [6.45, 7) is 6.29. The lowest BCUT2D eigenvalue weighted by Crippen LogP contribution is -2.28. The smallest absolute Gasteiger partial charge is 0.245 e. The van der Waals surface area contributed by atoms with Gasteiger partial charge in [0, 0.05) is 11.6 Å². The number of hydrogen-bond donors (Lipinski definition) is 2. The summed E-state index contributed by atoms with van der Waals surface area (Å²) >= 11 is 0. The molecule has 4 rings (SSSR count). The summed E-state index contributed by atoms with van der Waals surface area (Å²) in [5.41, 5.74) is 4.95. The second-order valence-corrected chi connectivity index (χ2v) is 6.96. The number of anilines is 2. The number of benzene rings is 1. The Morgan fingerprint density at radius 3 is 2.68 bits per heavy atom. The van der Waals surface area contributed by atoms with Gasteiger partial charge in [-0.3, -0.25) is 0 Å². The van der Waals surface area contributed by atoms with Crippen molar-refractivity contribution in [2.45, 2.75) is 26.9 Å². The minimum atomic E-state index is -0.104. The number of rotatable bonds is 4. The van der Waals surface area contributed by atoms with Crippen molar-refractivity contribution >= 4 is 22.8 Å². The molecule has 28 heavy (non-hydrogen) atoms. The number of H-pyrrole nitrogens is 1. The summed E-state index contributed by atoms with van der Waals surface area (Å²) in [6.07, 6.45) is 5.80. The molecule has 2 atom stereocenters. The van der Waals surface area contributed by atoms with Gasteiger partial charge in [0.15, 0.2) is 5.65 Å². The summed E-state index contributed by atoms with van der Waals surface area (Å²) in [7, 11) is 0. The average Bonchev–Trinajstić information content (AvgIpc) is 3.14. The summed E-state index contributed by atoms with van der Waals surface area (Å²) in [4.78, 5) is 16.3. The van der Waals surface area contributed by atoms with E-state index in [2.05, 4.69) is 64.2 Å². The van der Waals surface area contributed by atoms with E-state index >= 15 is 0 Å². The molecule has 2 unspecified atom stereocenters. The van der Waals surface area contributed by atoms with E-state index in [0.29, 0.717) is 28.6 Å². The minimum absolute atomic E-state index is 0.104. The highest BCUT2D eigenvalue weighted by Gasteiger charge is 2.25. The van der Waals surface area contributed by atoms with Crippen LogP contribution in [0, 0.1) is 17.2 Å². The van der Waals surface area contributed by atoms with E-state index in [-0.39, 0.29) is 12.0 Å². The van der Waals surface area contributed by atoms with Crippen molar-refractivity contribution in [3.8, 4) is 11.9 Å². The molecule has 2 heterocycles. The van der Waals surface area contributed by atoms with Gasteiger partial charge >= 0.3 is 0 Å². The molecule has 0 bridgehead atoms. The van der Waals surface area contributed by atoms with Crippen LogP contribution < -0.4 is 10.1 Å². The molecule has 0 fully saturated rings. The maximum absolute atomic E-state index is 8.93. The number of imidazole rings is 1. The third-order valence-electron chi connectivity index (χ3n) is 4.67. The molecular formula is C21H20N6O. The molecule has 0 aliphatic heterocycles.